The maximum Gasteiger partial charge on any atom is 0.262 e. The lowest BCUT2D eigenvalue weighted by Gasteiger charge is -2.55. The zero-order valence-corrected chi connectivity index (χ0v) is 26.2. The Kier molecular flexibility index (Phi) is 5.88. The Morgan fingerprint density at radius 2 is 1.52 bits per heavy atom. The molecule has 0 saturated heterocycles. The third kappa shape index (κ3) is 4.02. The number of aromatic amines is 1. The highest BCUT2D eigenvalue weighted by molar-refractivity contribution is 6.22. The number of hydrogen-bond acceptors (Lipinski definition) is 7. The van der Waals surface area contributed by atoms with Crippen LogP contribution < -0.4 is 0 Å². The fraction of sp³-hybridized carbons (Fsp3) is 0.158. The topological polar surface area (TPSA) is 129 Å². The minimum atomic E-state index is -1.02. The highest BCUT2D eigenvalue weighted by Gasteiger charge is 2.60. The second-order valence-electron chi connectivity index (χ2n) is 13.0. The smallest absolute Gasteiger partial charge is 0.262 e. The second kappa shape index (κ2) is 10.00. The first kappa shape index (κ1) is 28.2. The van der Waals surface area contributed by atoms with Crippen molar-refractivity contribution in [3.8, 4) is 33.6 Å². The van der Waals surface area contributed by atoms with Crippen molar-refractivity contribution >= 4 is 28.5 Å². The van der Waals surface area contributed by atoms with Gasteiger partial charge >= 0.3 is 0 Å². The summed E-state index contributed by atoms with van der Waals surface area (Å²) in [6.45, 7) is 3.67. The van der Waals surface area contributed by atoms with E-state index in [0.717, 1.165) is 44.6 Å². The molecule has 0 bridgehead atoms. The van der Waals surface area contributed by atoms with Gasteiger partial charge in [-0.15, -0.1) is 0 Å². The Morgan fingerprint density at radius 1 is 0.833 bits per heavy atom. The van der Waals surface area contributed by atoms with Crippen LogP contribution in [0.3, 0.4) is 0 Å². The van der Waals surface area contributed by atoms with E-state index in [4.69, 9.17) is 15.1 Å². The maximum atomic E-state index is 13.7. The van der Waals surface area contributed by atoms with Crippen molar-refractivity contribution in [2.45, 2.75) is 37.8 Å². The van der Waals surface area contributed by atoms with Gasteiger partial charge in [-0.2, -0.15) is 14.7 Å². The van der Waals surface area contributed by atoms with E-state index in [1.807, 2.05) is 67.7 Å². The maximum absolute atomic E-state index is 13.7. The van der Waals surface area contributed by atoms with Crippen LogP contribution in [0.5, 0.6) is 0 Å². The lowest BCUT2D eigenvalue weighted by Crippen LogP contribution is -2.63. The molecule has 0 radical (unpaired) electrons. The van der Waals surface area contributed by atoms with Gasteiger partial charge in [0.15, 0.2) is 11.3 Å². The molecule has 2 aliphatic rings. The number of pyridine rings is 1. The minimum Gasteiger partial charge on any atom is -0.390 e. The number of rotatable bonds is 5. The number of aliphatic hydroxyl groups is 1. The molecule has 3 aromatic carbocycles. The van der Waals surface area contributed by atoms with Gasteiger partial charge in [0.1, 0.15) is 0 Å². The Bertz CT molecular complexity index is 2390. The first-order valence-electron chi connectivity index (χ1n) is 15.8. The van der Waals surface area contributed by atoms with Crippen LogP contribution in [-0.4, -0.2) is 57.2 Å². The molecule has 4 aromatic heterocycles. The summed E-state index contributed by atoms with van der Waals surface area (Å²) >= 11 is 0. The van der Waals surface area contributed by atoms with E-state index < -0.39 is 11.1 Å². The van der Waals surface area contributed by atoms with Crippen molar-refractivity contribution in [2.24, 2.45) is 0 Å². The standard InChI is InChI=1S/C38H29N7O3/c1-22-18-30-39-19-28-32(29-16-17-40-42-29)31(23-8-4-3-5-9-23)33(41-34(28)45(30)43-22)24-12-14-25(15-13-24)38(20-37(2,48)21-38)44-35(46)26-10-6-7-11-27(26)36(44)47/h3-19,48H,20-21H2,1-2H3,(H,40,42)/t37-,38-. The highest BCUT2D eigenvalue weighted by atomic mass is 16.3. The molecule has 0 unspecified atom stereocenters. The summed E-state index contributed by atoms with van der Waals surface area (Å²) < 4.78 is 1.77. The van der Waals surface area contributed by atoms with Gasteiger partial charge in [0.25, 0.3) is 11.8 Å². The first-order valence-corrected chi connectivity index (χ1v) is 15.8. The number of benzene rings is 3. The molecular weight excluding hydrogens is 602 g/mol. The zero-order chi connectivity index (χ0) is 32.8. The third-order valence-electron chi connectivity index (χ3n) is 9.64. The van der Waals surface area contributed by atoms with Crippen molar-refractivity contribution < 1.29 is 14.7 Å². The number of imide groups is 1. The lowest BCUT2D eigenvalue weighted by atomic mass is 9.61. The molecule has 5 heterocycles. The van der Waals surface area contributed by atoms with E-state index >= 15 is 0 Å². The van der Waals surface area contributed by atoms with Crippen molar-refractivity contribution in [2.75, 3.05) is 0 Å². The summed E-state index contributed by atoms with van der Waals surface area (Å²) in [5, 5.41) is 24.1. The largest absolute Gasteiger partial charge is 0.390 e. The van der Waals surface area contributed by atoms with Gasteiger partial charge in [-0.25, -0.2) is 9.97 Å². The number of aryl methyl sites for hydroxylation is 1. The van der Waals surface area contributed by atoms with Crippen LogP contribution in [-0.2, 0) is 5.54 Å². The molecule has 1 aliphatic carbocycles. The molecule has 48 heavy (non-hydrogen) atoms. The van der Waals surface area contributed by atoms with Gasteiger partial charge in [0.05, 0.1) is 39.3 Å². The van der Waals surface area contributed by atoms with Crippen LogP contribution in [0.2, 0.25) is 0 Å². The van der Waals surface area contributed by atoms with E-state index in [9.17, 15) is 14.7 Å². The van der Waals surface area contributed by atoms with Crippen LogP contribution >= 0.6 is 0 Å². The summed E-state index contributed by atoms with van der Waals surface area (Å²) in [6, 6.07) is 28.7. The number of fused-ring (bicyclic) bond motifs is 4. The SMILES string of the molecule is Cc1cc2ncc3c(-c4cc[nH]n4)c(-c4ccccc4)c(-c4ccc([C@]5(N6C(=O)c7ccccc7C6=O)C[C@](C)(O)C5)cc4)nc3n2n1. The first-order chi connectivity index (χ1) is 23.2. The third-order valence-corrected chi connectivity index (χ3v) is 9.64. The van der Waals surface area contributed by atoms with Crippen molar-refractivity contribution in [1.82, 2.24) is 34.7 Å². The Balaban J connectivity index is 1.26. The molecule has 0 spiro atoms. The minimum absolute atomic E-state index is 0.237. The predicted molar refractivity (Wildman–Crippen MR) is 180 cm³/mol. The van der Waals surface area contributed by atoms with E-state index in [2.05, 4.69) is 22.3 Å². The molecule has 234 valence electrons. The number of hydrogen-bond donors (Lipinski definition) is 2. The average molecular weight is 632 g/mol. The van der Waals surface area contributed by atoms with E-state index in [-0.39, 0.29) is 24.7 Å². The normalized spacial score (nSPS) is 20.4. The van der Waals surface area contributed by atoms with Gasteiger partial charge in [0.2, 0.25) is 0 Å². The van der Waals surface area contributed by atoms with Gasteiger partial charge in [-0.05, 0) is 43.2 Å². The molecule has 10 nitrogen and oxygen atoms in total. The van der Waals surface area contributed by atoms with Gasteiger partial charge in [-0.1, -0.05) is 66.7 Å². The summed E-state index contributed by atoms with van der Waals surface area (Å²) in [7, 11) is 0. The van der Waals surface area contributed by atoms with E-state index in [1.165, 1.54) is 4.90 Å². The number of amides is 2. The number of nitrogens with zero attached hydrogens (tertiary/aromatic N) is 6. The van der Waals surface area contributed by atoms with Crippen molar-refractivity contribution in [3.63, 3.8) is 0 Å². The highest BCUT2D eigenvalue weighted by Crippen LogP contribution is 2.55. The Labute approximate surface area is 274 Å². The monoisotopic (exact) mass is 631 g/mol. The molecule has 1 saturated carbocycles. The molecule has 10 heteroatoms. The van der Waals surface area contributed by atoms with Gasteiger partial charge in [-0.3, -0.25) is 19.6 Å². The number of aromatic nitrogens is 6. The lowest BCUT2D eigenvalue weighted by molar-refractivity contribution is -0.118. The summed E-state index contributed by atoms with van der Waals surface area (Å²) in [4.78, 5) is 38.7. The van der Waals surface area contributed by atoms with Gasteiger partial charge in [0, 0.05) is 53.4 Å². The molecule has 9 rings (SSSR count). The van der Waals surface area contributed by atoms with Crippen LogP contribution in [0.1, 0.15) is 51.7 Å². The number of carbonyl (C=O) groups is 2. The molecule has 2 amide bonds. The van der Waals surface area contributed by atoms with Crippen molar-refractivity contribution in [3.05, 3.63) is 126 Å². The molecular formula is C38H29N7O3. The predicted octanol–water partition coefficient (Wildman–Crippen LogP) is 6.35. The molecule has 2 N–H and O–H groups in total. The fourth-order valence-electron chi connectivity index (χ4n) is 7.71. The quantitative estimate of drug-likeness (QED) is 0.212. The number of H-pyrrole nitrogens is 1. The van der Waals surface area contributed by atoms with Crippen LogP contribution in [0, 0.1) is 6.92 Å². The van der Waals surface area contributed by atoms with Crippen LogP contribution in [0.25, 0.3) is 50.3 Å². The summed E-state index contributed by atoms with van der Waals surface area (Å²) in [5.74, 6) is -0.679. The van der Waals surface area contributed by atoms with Crippen LogP contribution in [0.15, 0.2) is 103 Å². The summed E-state index contributed by atoms with van der Waals surface area (Å²) in [6.07, 6.45) is 4.10. The summed E-state index contributed by atoms with van der Waals surface area (Å²) in [5.41, 5.74) is 6.69. The average Bonchev–Trinajstić information content (AvgIpc) is 3.81. The Hall–Kier alpha value is -6.00. The molecule has 1 aliphatic heterocycles. The zero-order valence-electron chi connectivity index (χ0n) is 26.2. The van der Waals surface area contributed by atoms with Crippen LogP contribution in [0.4, 0.5) is 0 Å². The molecule has 7 aromatic rings. The van der Waals surface area contributed by atoms with Crippen molar-refractivity contribution in [1.29, 1.82) is 0 Å². The fourth-order valence-corrected chi connectivity index (χ4v) is 7.71. The van der Waals surface area contributed by atoms with Gasteiger partial charge < -0.3 is 5.11 Å². The van der Waals surface area contributed by atoms with E-state index in [0.29, 0.717) is 28.1 Å². The molecule has 0 atom stereocenters. The molecule has 1 fully saturated rings. The second-order valence-corrected chi connectivity index (χ2v) is 13.0. The number of nitrogens with one attached hydrogen (secondary N) is 1. The number of carbonyl (C=O) groups excluding carboxylic acids is 2. The van der Waals surface area contributed by atoms with E-state index in [1.54, 1.807) is 41.9 Å². The Morgan fingerprint density at radius 3 is 2.17 bits per heavy atom.